The van der Waals surface area contributed by atoms with Gasteiger partial charge in [-0.1, -0.05) is 269 Å². The van der Waals surface area contributed by atoms with Crippen LogP contribution in [-0.4, -0.2) is 37.2 Å². The van der Waals surface area contributed by atoms with Crippen LogP contribution in [0.3, 0.4) is 0 Å². The first kappa shape index (κ1) is 73.3. The van der Waals surface area contributed by atoms with Crippen LogP contribution in [0.15, 0.2) is 146 Å². The monoisotopic (exact) mass is 1080 g/mol. The zero-order valence-corrected chi connectivity index (χ0v) is 50.4. The molecule has 0 saturated heterocycles. The summed E-state index contributed by atoms with van der Waals surface area (Å²) in [6.07, 6.45) is 92.9. The lowest BCUT2D eigenvalue weighted by atomic mass is 10.1. The number of hydrogen-bond acceptors (Lipinski definition) is 6. The van der Waals surface area contributed by atoms with Gasteiger partial charge in [-0.05, 0) is 128 Å². The molecule has 0 aliphatic rings. The van der Waals surface area contributed by atoms with E-state index in [4.69, 9.17) is 14.2 Å². The third kappa shape index (κ3) is 62.1. The van der Waals surface area contributed by atoms with Crippen LogP contribution in [0.2, 0.25) is 0 Å². The molecule has 78 heavy (non-hydrogen) atoms. The van der Waals surface area contributed by atoms with Crippen molar-refractivity contribution in [3.63, 3.8) is 0 Å². The molecule has 0 fully saturated rings. The maximum atomic E-state index is 12.9. The van der Waals surface area contributed by atoms with Crippen molar-refractivity contribution in [1.82, 2.24) is 0 Å². The van der Waals surface area contributed by atoms with Gasteiger partial charge in [0, 0.05) is 19.3 Å². The standard InChI is InChI=1S/C72H116O6/c1-4-7-10-13-16-19-22-25-28-31-33-34-35-36-37-38-40-41-44-47-50-53-56-59-62-65-71(74)77-68-69(67-76-70(73)64-61-58-55-52-49-46-43-30-27-24-21-18-15-12-9-6-3)78-72(75)66-63-60-57-54-51-48-45-42-39-32-29-26-23-20-17-14-11-8-5-2/h7-8,10-11,16-17,19-20,25-26,28-30,33-34,36-37,39,42-43,48,51,57,60,69H,4-6,9,12-15,18,21-24,27,31-32,35,38,40-41,44-47,49-50,52-56,58-59,61-68H2,1-3H3/b10-7-,11-8-,19-16-,20-17-,28-25-,29-26-,34-33-,37-36-,42-39-,43-30-,51-48-,60-57-. The number of ether oxygens (including phenoxy) is 3. The SMILES string of the molecule is CC/C=C\C/C=C\C/C=C\C/C=C\C/C=C\C/C=C\CCC(=O)OC(COC(=O)CCCCCCC/C=C\CCCCCCCCC)COC(=O)CCCCCCCCCCC/C=C\C/C=C\C/C=C\C/C=C\C/C=C\CC. The summed E-state index contributed by atoms with van der Waals surface area (Å²) in [5.74, 6) is -1.02. The summed E-state index contributed by atoms with van der Waals surface area (Å²) in [5, 5.41) is 0. The van der Waals surface area contributed by atoms with Crippen LogP contribution in [0.5, 0.6) is 0 Å². The number of carbonyl (C=O) groups excluding carboxylic acids is 3. The zero-order valence-electron chi connectivity index (χ0n) is 50.4. The molecule has 440 valence electrons. The Labute approximate surface area is 480 Å². The average Bonchev–Trinajstić information content (AvgIpc) is 3.44. The molecule has 0 spiro atoms. The van der Waals surface area contributed by atoms with Crippen molar-refractivity contribution in [3.05, 3.63) is 146 Å². The Balaban J connectivity index is 4.49. The molecule has 0 aromatic rings. The Morgan fingerprint density at radius 1 is 0.269 bits per heavy atom. The summed E-state index contributed by atoms with van der Waals surface area (Å²) in [7, 11) is 0. The van der Waals surface area contributed by atoms with Crippen LogP contribution in [0, 0.1) is 0 Å². The van der Waals surface area contributed by atoms with Gasteiger partial charge in [0.15, 0.2) is 6.10 Å². The minimum absolute atomic E-state index is 0.119. The van der Waals surface area contributed by atoms with Crippen LogP contribution in [0.1, 0.15) is 271 Å². The van der Waals surface area contributed by atoms with Crippen molar-refractivity contribution in [1.29, 1.82) is 0 Å². The van der Waals surface area contributed by atoms with Crippen LogP contribution in [-0.2, 0) is 28.6 Å². The van der Waals surface area contributed by atoms with Gasteiger partial charge in [0.2, 0.25) is 0 Å². The summed E-state index contributed by atoms with van der Waals surface area (Å²) >= 11 is 0. The third-order valence-electron chi connectivity index (χ3n) is 13.1. The molecule has 0 aromatic carbocycles. The molecule has 1 unspecified atom stereocenters. The van der Waals surface area contributed by atoms with Crippen LogP contribution in [0.25, 0.3) is 0 Å². The minimum Gasteiger partial charge on any atom is -0.462 e. The quantitative estimate of drug-likeness (QED) is 0.0261. The zero-order chi connectivity index (χ0) is 56.4. The molecule has 0 radical (unpaired) electrons. The van der Waals surface area contributed by atoms with Crippen LogP contribution in [0.4, 0.5) is 0 Å². The van der Waals surface area contributed by atoms with E-state index in [1.807, 2.05) is 6.08 Å². The highest BCUT2D eigenvalue weighted by molar-refractivity contribution is 5.71. The highest BCUT2D eigenvalue weighted by Crippen LogP contribution is 2.14. The minimum atomic E-state index is -0.832. The van der Waals surface area contributed by atoms with Gasteiger partial charge in [0.1, 0.15) is 13.2 Å². The number of unbranched alkanes of at least 4 members (excludes halogenated alkanes) is 21. The predicted molar refractivity (Wildman–Crippen MR) is 339 cm³/mol. The van der Waals surface area contributed by atoms with Crippen molar-refractivity contribution in [3.8, 4) is 0 Å². The molecule has 6 heteroatoms. The Morgan fingerprint density at radius 2 is 0.526 bits per heavy atom. The van der Waals surface area contributed by atoms with Crippen molar-refractivity contribution in [2.24, 2.45) is 0 Å². The van der Waals surface area contributed by atoms with Crippen molar-refractivity contribution in [2.45, 2.75) is 277 Å². The van der Waals surface area contributed by atoms with E-state index in [9.17, 15) is 14.4 Å². The first-order chi connectivity index (χ1) is 38.5. The van der Waals surface area contributed by atoms with E-state index in [-0.39, 0.29) is 31.6 Å². The molecule has 0 saturated carbocycles. The van der Waals surface area contributed by atoms with Crippen LogP contribution < -0.4 is 0 Å². The molecule has 0 heterocycles. The maximum Gasteiger partial charge on any atom is 0.306 e. The Bertz CT molecular complexity index is 1710. The van der Waals surface area contributed by atoms with E-state index >= 15 is 0 Å². The lowest BCUT2D eigenvalue weighted by Crippen LogP contribution is -2.30. The summed E-state index contributed by atoms with van der Waals surface area (Å²) in [6, 6.07) is 0. The molecule has 0 amide bonds. The maximum absolute atomic E-state index is 12.9. The average molecular weight is 1080 g/mol. The highest BCUT2D eigenvalue weighted by atomic mass is 16.6. The molecular formula is C72H116O6. The van der Waals surface area contributed by atoms with E-state index in [2.05, 4.69) is 161 Å². The van der Waals surface area contributed by atoms with E-state index < -0.39 is 12.1 Å². The van der Waals surface area contributed by atoms with Gasteiger partial charge in [-0.3, -0.25) is 14.4 Å². The van der Waals surface area contributed by atoms with Gasteiger partial charge in [0.25, 0.3) is 0 Å². The first-order valence-corrected chi connectivity index (χ1v) is 31.8. The van der Waals surface area contributed by atoms with Gasteiger partial charge >= 0.3 is 17.9 Å². The summed E-state index contributed by atoms with van der Waals surface area (Å²) in [5.41, 5.74) is 0. The molecule has 0 N–H and O–H groups in total. The number of carbonyl (C=O) groups is 3. The van der Waals surface area contributed by atoms with E-state index in [1.165, 1.54) is 96.3 Å². The van der Waals surface area contributed by atoms with Gasteiger partial charge in [-0.25, -0.2) is 0 Å². The molecule has 0 aromatic heterocycles. The fourth-order valence-corrected chi connectivity index (χ4v) is 8.37. The number of esters is 3. The Kier molecular flexibility index (Phi) is 60.9. The molecule has 6 nitrogen and oxygen atoms in total. The van der Waals surface area contributed by atoms with Crippen molar-refractivity contribution >= 4 is 17.9 Å². The molecule has 1 atom stereocenters. The van der Waals surface area contributed by atoms with Crippen LogP contribution >= 0.6 is 0 Å². The molecule has 0 rings (SSSR count). The molecule has 0 aliphatic heterocycles. The first-order valence-electron chi connectivity index (χ1n) is 31.8. The van der Waals surface area contributed by atoms with Crippen molar-refractivity contribution < 1.29 is 28.6 Å². The van der Waals surface area contributed by atoms with Gasteiger partial charge < -0.3 is 14.2 Å². The number of hydrogen-bond donors (Lipinski definition) is 0. The smallest absolute Gasteiger partial charge is 0.306 e. The predicted octanol–water partition coefficient (Wildman–Crippen LogP) is 21.9. The van der Waals surface area contributed by atoms with Gasteiger partial charge in [-0.15, -0.1) is 0 Å². The molecular weight excluding hydrogens is 961 g/mol. The third-order valence-corrected chi connectivity index (χ3v) is 13.1. The molecule has 0 aliphatic carbocycles. The Hall–Kier alpha value is -4.71. The summed E-state index contributed by atoms with van der Waals surface area (Å²) in [4.78, 5) is 38.3. The van der Waals surface area contributed by atoms with Crippen molar-refractivity contribution in [2.75, 3.05) is 13.2 Å². The van der Waals surface area contributed by atoms with E-state index in [1.54, 1.807) is 0 Å². The lowest BCUT2D eigenvalue weighted by Gasteiger charge is -2.18. The molecule has 0 bridgehead atoms. The Morgan fingerprint density at radius 3 is 0.846 bits per heavy atom. The van der Waals surface area contributed by atoms with E-state index in [0.29, 0.717) is 19.3 Å². The highest BCUT2D eigenvalue weighted by Gasteiger charge is 2.19. The summed E-state index contributed by atoms with van der Waals surface area (Å²) < 4.78 is 16.8. The second kappa shape index (κ2) is 64.8. The summed E-state index contributed by atoms with van der Waals surface area (Å²) in [6.45, 7) is 6.34. The number of allylic oxidation sites excluding steroid dienone is 24. The van der Waals surface area contributed by atoms with E-state index in [0.717, 1.165) is 128 Å². The second-order valence-corrected chi connectivity index (χ2v) is 20.5. The lowest BCUT2D eigenvalue weighted by molar-refractivity contribution is -0.166. The second-order valence-electron chi connectivity index (χ2n) is 20.5. The van der Waals surface area contributed by atoms with Gasteiger partial charge in [-0.2, -0.15) is 0 Å². The largest absolute Gasteiger partial charge is 0.462 e. The topological polar surface area (TPSA) is 78.9 Å². The fraction of sp³-hybridized carbons (Fsp3) is 0.625. The number of rotatable bonds is 56. The normalized spacial score (nSPS) is 13.1. The fourth-order valence-electron chi connectivity index (χ4n) is 8.37. The van der Waals surface area contributed by atoms with Gasteiger partial charge in [0.05, 0.1) is 0 Å².